The summed E-state index contributed by atoms with van der Waals surface area (Å²) in [6.07, 6.45) is 4.89. The molecule has 1 saturated carbocycles. The van der Waals surface area contributed by atoms with Crippen molar-refractivity contribution < 1.29 is 17.7 Å². The summed E-state index contributed by atoms with van der Waals surface area (Å²) >= 11 is 0. The van der Waals surface area contributed by atoms with E-state index in [2.05, 4.69) is 0 Å². The summed E-state index contributed by atoms with van der Waals surface area (Å²) in [5.74, 6) is 0. The van der Waals surface area contributed by atoms with Crippen LogP contribution in [-0.4, -0.2) is 36.5 Å². The Morgan fingerprint density at radius 1 is 0.923 bits per heavy atom. The van der Waals surface area contributed by atoms with Gasteiger partial charge in [-0.05, 0) is 12.8 Å². The van der Waals surface area contributed by atoms with E-state index < -0.39 is 9.05 Å². The molecule has 0 bridgehead atoms. The van der Waals surface area contributed by atoms with Gasteiger partial charge in [0.1, 0.15) is 0 Å². The van der Waals surface area contributed by atoms with Crippen LogP contribution >= 0.6 is 0 Å². The third-order valence-electron chi connectivity index (χ3n) is 2.36. The van der Waals surface area contributed by atoms with E-state index in [1.807, 2.05) is 0 Å². The van der Waals surface area contributed by atoms with Crippen molar-refractivity contribution in [2.45, 2.75) is 31.8 Å². The molecule has 13 heavy (non-hydrogen) atoms. The largest absolute Gasteiger partial charge is 0.679 e. The molecular formula is C8H18O4Si. The predicted octanol–water partition coefficient (Wildman–Crippen LogP) is 1.32. The Bertz CT molecular complexity index is 135. The zero-order valence-corrected chi connectivity index (χ0v) is 9.54. The van der Waals surface area contributed by atoms with Crippen LogP contribution in [0.4, 0.5) is 0 Å². The number of hydrogen-bond donors (Lipinski definition) is 0. The van der Waals surface area contributed by atoms with Gasteiger partial charge in [-0.1, -0.05) is 12.8 Å². The molecular weight excluding hydrogens is 188 g/mol. The Labute approximate surface area is 80.6 Å². The molecule has 0 spiro atoms. The Balaban J connectivity index is 2.44. The van der Waals surface area contributed by atoms with Gasteiger partial charge in [-0.3, -0.25) is 0 Å². The predicted molar refractivity (Wildman–Crippen MR) is 50.1 cm³/mol. The van der Waals surface area contributed by atoms with E-state index in [9.17, 15) is 0 Å². The zero-order chi connectivity index (χ0) is 9.73. The van der Waals surface area contributed by atoms with E-state index in [4.69, 9.17) is 17.7 Å². The van der Waals surface area contributed by atoms with Gasteiger partial charge in [-0.15, -0.1) is 0 Å². The van der Waals surface area contributed by atoms with Crippen LogP contribution in [0.2, 0.25) is 0 Å². The monoisotopic (exact) mass is 206 g/mol. The first-order valence-electron chi connectivity index (χ1n) is 4.59. The van der Waals surface area contributed by atoms with Crippen LogP contribution < -0.4 is 0 Å². The number of rotatable bonds is 5. The van der Waals surface area contributed by atoms with Gasteiger partial charge >= 0.3 is 9.05 Å². The van der Waals surface area contributed by atoms with Crippen LogP contribution in [-0.2, 0) is 17.7 Å². The Morgan fingerprint density at radius 3 is 1.77 bits per heavy atom. The maximum absolute atomic E-state index is 5.72. The summed E-state index contributed by atoms with van der Waals surface area (Å²) in [5, 5.41) is 0. The van der Waals surface area contributed by atoms with Crippen molar-refractivity contribution in [2.24, 2.45) is 0 Å². The average Bonchev–Trinajstić information content (AvgIpc) is 2.67. The van der Waals surface area contributed by atoms with Gasteiger partial charge in [0, 0.05) is 21.3 Å². The molecule has 0 atom stereocenters. The minimum atomic E-state index is -2.78. The van der Waals surface area contributed by atoms with Gasteiger partial charge in [0.25, 0.3) is 0 Å². The first-order chi connectivity index (χ1) is 6.26. The van der Waals surface area contributed by atoms with Crippen molar-refractivity contribution in [3.63, 3.8) is 0 Å². The van der Waals surface area contributed by atoms with Crippen LogP contribution in [0.1, 0.15) is 25.7 Å². The van der Waals surface area contributed by atoms with Gasteiger partial charge in [-0.2, -0.15) is 0 Å². The van der Waals surface area contributed by atoms with E-state index in [0.29, 0.717) is 0 Å². The summed E-state index contributed by atoms with van der Waals surface area (Å²) in [4.78, 5) is 0. The first kappa shape index (κ1) is 11.1. The van der Waals surface area contributed by atoms with E-state index in [1.54, 1.807) is 21.3 Å². The fraction of sp³-hybridized carbons (Fsp3) is 1.00. The van der Waals surface area contributed by atoms with Crippen LogP contribution in [0.15, 0.2) is 0 Å². The van der Waals surface area contributed by atoms with Crippen molar-refractivity contribution in [1.29, 1.82) is 0 Å². The molecule has 78 valence electrons. The van der Waals surface area contributed by atoms with E-state index >= 15 is 0 Å². The fourth-order valence-electron chi connectivity index (χ4n) is 1.60. The molecule has 0 radical (unpaired) electrons. The molecule has 0 heterocycles. The Hall–Kier alpha value is 0.0569. The lowest BCUT2D eigenvalue weighted by Gasteiger charge is -2.26. The average molecular weight is 206 g/mol. The molecule has 0 aromatic carbocycles. The molecule has 0 saturated heterocycles. The maximum Gasteiger partial charge on any atom is 0.679 e. The lowest BCUT2D eigenvalue weighted by molar-refractivity contribution is -0.0202. The molecule has 0 amide bonds. The van der Waals surface area contributed by atoms with Crippen LogP contribution in [0.3, 0.4) is 0 Å². The Morgan fingerprint density at radius 2 is 1.38 bits per heavy atom. The summed E-state index contributed by atoms with van der Waals surface area (Å²) in [6, 6.07) is 0. The molecule has 1 rings (SSSR count). The summed E-state index contributed by atoms with van der Waals surface area (Å²) in [6.45, 7) is 0. The zero-order valence-electron chi connectivity index (χ0n) is 8.54. The molecule has 0 aromatic heterocycles. The third-order valence-corrected chi connectivity index (χ3v) is 4.49. The molecule has 4 nitrogen and oxygen atoms in total. The topological polar surface area (TPSA) is 36.9 Å². The highest BCUT2D eigenvalue weighted by Gasteiger charge is 2.44. The summed E-state index contributed by atoms with van der Waals surface area (Å²) in [5.41, 5.74) is 0. The molecule has 0 aliphatic heterocycles. The second kappa shape index (κ2) is 5.07. The van der Waals surface area contributed by atoms with Gasteiger partial charge in [-0.25, -0.2) is 0 Å². The first-order valence-corrected chi connectivity index (χ1v) is 6.23. The van der Waals surface area contributed by atoms with E-state index in [1.165, 1.54) is 12.8 Å². The normalized spacial score (nSPS) is 19.6. The minimum Gasteiger partial charge on any atom is -0.355 e. The maximum atomic E-state index is 5.72. The van der Waals surface area contributed by atoms with Crippen LogP contribution in [0, 0.1) is 0 Å². The van der Waals surface area contributed by atoms with Crippen LogP contribution in [0.5, 0.6) is 0 Å². The second-order valence-corrected chi connectivity index (χ2v) is 5.60. The molecule has 0 unspecified atom stereocenters. The van der Waals surface area contributed by atoms with E-state index in [0.717, 1.165) is 12.8 Å². The highest BCUT2D eigenvalue weighted by molar-refractivity contribution is 6.53. The number of hydrogen-bond acceptors (Lipinski definition) is 4. The highest BCUT2D eigenvalue weighted by atomic mass is 28.4. The molecule has 5 heteroatoms. The minimum absolute atomic E-state index is 0.256. The third kappa shape index (κ3) is 2.75. The SMILES string of the molecule is CO[Si](OC)(OC)OC1CCCC1. The highest BCUT2D eigenvalue weighted by Crippen LogP contribution is 2.24. The molecule has 1 aliphatic carbocycles. The van der Waals surface area contributed by atoms with Crippen molar-refractivity contribution in [3.8, 4) is 0 Å². The van der Waals surface area contributed by atoms with Gasteiger partial charge < -0.3 is 17.7 Å². The van der Waals surface area contributed by atoms with Crippen LogP contribution in [0.25, 0.3) is 0 Å². The molecule has 0 N–H and O–H groups in total. The standard InChI is InChI=1S/C8H18O4Si/c1-9-13(10-2,11-3)12-8-6-4-5-7-8/h8H,4-7H2,1-3H3. The fourth-order valence-corrected chi connectivity index (χ4v) is 3.04. The lowest BCUT2D eigenvalue weighted by atomic mass is 10.3. The van der Waals surface area contributed by atoms with Crippen molar-refractivity contribution in [1.82, 2.24) is 0 Å². The molecule has 0 aromatic rings. The summed E-state index contributed by atoms with van der Waals surface area (Å²) in [7, 11) is 1.91. The van der Waals surface area contributed by atoms with Crippen molar-refractivity contribution in [2.75, 3.05) is 21.3 Å². The molecule has 1 aliphatic rings. The van der Waals surface area contributed by atoms with Gasteiger partial charge in [0.05, 0.1) is 6.10 Å². The lowest BCUT2D eigenvalue weighted by Crippen LogP contribution is -2.48. The molecule has 1 fully saturated rings. The quantitative estimate of drug-likeness (QED) is 0.636. The Kier molecular flexibility index (Phi) is 4.34. The van der Waals surface area contributed by atoms with Gasteiger partial charge in [0.15, 0.2) is 0 Å². The van der Waals surface area contributed by atoms with E-state index in [-0.39, 0.29) is 6.10 Å². The second-order valence-electron chi connectivity index (χ2n) is 3.14. The smallest absolute Gasteiger partial charge is 0.355 e. The van der Waals surface area contributed by atoms with Gasteiger partial charge in [0.2, 0.25) is 0 Å². The van der Waals surface area contributed by atoms with Crippen molar-refractivity contribution >= 4 is 9.05 Å². The van der Waals surface area contributed by atoms with Crippen molar-refractivity contribution in [3.05, 3.63) is 0 Å². The summed E-state index contributed by atoms with van der Waals surface area (Å²) < 4.78 is 21.2.